The fourth-order valence-electron chi connectivity index (χ4n) is 2.70. The van der Waals surface area contributed by atoms with E-state index in [-0.39, 0.29) is 10.6 Å². The quantitative estimate of drug-likeness (QED) is 0.688. The average molecular weight is 345 g/mol. The van der Waals surface area contributed by atoms with Crippen LogP contribution in [0.2, 0.25) is 5.22 Å². The van der Waals surface area contributed by atoms with Gasteiger partial charge in [-0.2, -0.15) is 0 Å². The molecule has 0 aliphatic heterocycles. The third-order valence-electron chi connectivity index (χ3n) is 3.97. The van der Waals surface area contributed by atoms with E-state index >= 15 is 0 Å². The number of fused-ring (bicyclic) bond motifs is 1. The minimum absolute atomic E-state index is 0.0519. The summed E-state index contributed by atoms with van der Waals surface area (Å²) in [5.74, 6) is 0.918. The second-order valence-corrected chi connectivity index (χ2v) is 5.68. The first-order valence-corrected chi connectivity index (χ1v) is 7.94. The Morgan fingerprint density at radius 2 is 1.92 bits per heavy atom. The molecule has 0 atom stereocenters. The highest BCUT2D eigenvalue weighted by molar-refractivity contribution is 6.31. The predicted octanol–water partition coefficient (Wildman–Crippen LogP) is 4.69. The number of benzene rings is 2. The standard InChI is InChI=1S/C19H17ClO4/c1-4-11-6-5-7-12(8-11)16-18(21)17-14(23-3)9-13(22-2)10-15(17)24-19(16)20/h5-10H,4H2,1-3H3. The van der Waals surface area contributed by atoms with Gasteiger partial charge < -0.3 is 13.9 Å². The van der Waals surface area contributed by atoms with Crippen LogP contribution in [0.4, 0.5) is 0 Å². The molecule has 3 rings (SSSR count). The van der Waals surface area contributed by atoms with Crippen LogP contribution >= 0.6 is 11.6 Å². The molecular weight excluding hydrogens is 328 g/mol. The van der Waals surface area contributed by atoms with E-state index < -0.39 is 0 Å². The van der Waals surface area contributed by atoms with Crippen molar-refractivity contribution in [3.63, 3.8) is 0 Å². The Morgan fingerprint density at radius 3 is 2.58 bits per heavy atom. The Kier molecular flexibility index (Phi) is 4.49. The van der Waals surface area contributed by atoms with Crippen molar-refractivity contribution < 1.29 is 13.9 Å². The van der Waals surface area contributed by atoms with Gasteiger partial charge in [-0.1, -0.05) is 31.2 Å². The normalized spacial score (nSPS) is 10.8. The van der Waals surface area contributed by atoms with Crippen LogP contribution in [0.25, 0.3) is 22.1 Å². The van der Waals surface area contributed by atoms with Crippen LogP contribution in [0.15, 0.2) is 45.6 Å². The molecule has 1 heterocycles. The second-order valence-electron chi connectivity index (χ2n) is 5.34. The summed E-state index contributed by atoms with van der Waals surface area (Å²) in [4.78, 5) is 13.1. The van der Waals surface area contributed by atoms with E-state index in [0.717, 1.165) is 17.5 Å². The SMILES string of the molecule is CCc1cccc(-c2c(Cl)oc3cc(OC)cc(OC)c3c2=O)c1. The Labute approximate surface area is 144 Å². The summed E-state index contributed by atoms with van der Waals surface area (Å²) in [6.07, 6.45) is 0.866. The fourth-order valence-corrected chi connectivity index (χ4v) is 2.98. The average Bonchev–Trinajstić information content (AvgIpc) is 2.60. The van der Waals surface area contributed by atoms with Gasteiger partial charge in [0.15, 0.2) is 0 Å². The first kappa shape index (κ1) is 16.4. The molecule has 0 spiro atoms. The molecule has 3 aromatic rings. The molecule has 4 nitrogen and oxygen atoms in total. The van der Waals surface area contributed by atoms with Crippen LogP contribution in [0.3, 0.4) is 0 Å². The summed E-state index contributed by atoms with van der Waals surface area (Å²) < 4.78 is 16.2. The Morgan fingerprint density at radius 1 is 1.12 bits per heavy atom. The zero-order valence-corrected chi connectivity index (χ0v) is 14.4. The van der Waals surface area contributed by atoms with E-state index in [1.54, 1.807) is 12.1 Å². The minimum atomic E-state index is -0.228. The van der Waals surface area contributed by atoms with Crippen LogP contribution < -0.4 is 14.9 Å². The van der Waals surface area contributed by atoms with E-state index in [2.05, 4.69) is 6.92 Å². The highest BCUT2D eigenvalue weighted by Crippen LogP contribution is 2.34. The number of halogens is 1. The van der Waals surface area contributed by atoms with Gasteiger partial charge in [-0.3, -0.25) is 4.79 Å². The minimum Gasteiger partial charge on any atom is -0.496 e. The van der Waals surface area contributed by atoms with Crippen LogP contribution in [0.5, 0.6) is 11.5 Å². The molecular formula is C19H17ClO4. The maximum absolute atomic E-state index is 13.1. The molecule has 24 heavy (non-hydrogen) atoms. The second kappa shape index (κ2) is 6.57. The van der Waals surface area contributed by atoms with Crippen molar-refractivity contribution in [2.75, 3.05) is 14.2 Å². The van der Waals surface area contributed by atoms with E-state index in [9.17, 15) is 4.79 Å². The molecule has 0 aliphatic carbocycles. The maximum atomic E-state index is 13.1. The summed E-state index contributed by atoms with van der Waals surface area (Å²) in [5, 5.41) is 0.399. The molecule has 1 aromatic heterocycles. The molecule has 0 amide bonds. The van der Waals surface area contributed by atoms with Gasteiger partial charge in [0.05, 0.1) is 19.8 Å². The van der Waals surface area contributed by atoms with Gasteiger partial charge in [-0.25, -0.2) is 0 Å². The predicted molar refractivity (Wildman–Crippen MR) is 95.4 cm³/mol. The third-order valence-corrected chi connectivity index (χ3v) is 4.24. The maximum Gasteiger partial charge on any atom is 0.205 e. The monoisotopic (exact) mass is 344 g/mol. The van der Waals surface area contributed by atoms with Gasteiger partial charge in [0.25, 0.3) is 0 Å². The van der Waals surface area contributed by atoms with Crippen LogP contribution in [-0.2, 0) is 6.42 Å². The van der Waals surface area contributed by atoms with Crippen LogP contribution in [0, 0.1) is 0 Å². The Balaban J connectivity index is 2.36. The molecule has 0 fully saturated rings. The lowest BCUT2D eigenvalue weighted by Crippen LogP contribution is -2.08. The van der Waals surface area contributed by atoms with Crippen molar-refractivity contribution >= 4 is 22.6 Å². The highest BCUT2D eigenvalue weighted by Gasteiger charge is 2.19. The first-order chi connectivity index (χ1) is 11.6. The van der Waals surface area contributed by atoms with E-state index in [0.29, 0.717) is 28.0 Å². The van der Waals surface area contributed by atoms with Gasteiger partial charge in [0.1, 0.15) is 22.5 Å². The number of ether oxygens (including phenoxy) is 2. The number of hydrogen-bond donors (Lipinski definition) is 0. The number of rotatable bonds is 4. The first-order valence-electron chi connectivity index (χ1n) is 7.56. The molecule has 5 heteroatoms. The lowest BCUT2D eigenvalue weighted by Gasteiger charge is -2.11. The van der Waals surface area contributed by atoms with Crippen molar-refractivity contribution in [2.45, 2.75) is 13.3 Å². The van der Waals surface area contributed by atoms with Crippen molar-refractivity contribution in [3.8, 4) is 22.6 Å². The van der Waals surface area contributed by atoms with Gasteiger partial charge in [-0.05, 0) is 29.1 Å². The lowest BCUT2D eigenvalue weighted by molar-refractivity contribution is 0.396. The molecule has 2 aromatic carbocycles. The van der Waals surface area contributed by atoms with Gasteiger partial charge in [0.2, 0.25) is 10.6 Å². The van der Waals surface area contributed by atoms with Gasteiger partial charge in [-0.15, -0.1) is 0 Å². The summed E-state index contributed by atoms with van der Waals surface area (Å²) in [6, 6.07) is 11.0. The third kappa shape index (κ3) is 2.74. The van der Waals surface area contributed by atoms with Crippen LogP contribution in [0.1, 0.15) is 12.5 Å². The molecule has 0 saturated heterocycles. The molecule has 0 unspecified atom stereocenters. The molecule has 0 bridgehead atoms. The summed E-state index contributed by atoms with van der Waals surface area (Å²) >= 11 is 6.28. The highest BCUT2D eigenvalue weighted by atomic mass is 35.5. The molecule has 0 N–H and O–H groups in total. The molecule has 0 radical (unpaired) electrons. The van der Waals surface area contributed by atoms with Crippen molar-refractivity contribution in [1.82, 2.24) is 0 Å². The molecule has 124 valence electrons. The number of aryl methyl sites for hydroxylation is 1. The number of hydrogen-bond acceptors (Lipinski definition) is 4. The Bertz CT molecular complexity index is 959. The fraction of sp³-hybridized carbons (Fsp3) is 0.211. The van der Waals surface area contributed by atoms with Gasteiger partial charge in [0, 0.05) is 12.1 Å². The largest absolute Gasteiger partial charge is 0.496 e. The molecule has 0 saturated carbocycles. The van der Waals surface area contributed by atoms with Crippen molar-refractivity contribution in [3.05, 3.63) is 57.4 Å². The number of methoxy groups -OCH3 is 2. The zero-order valence-electron chi connectivity index (χ0n) is 13.7. The van der Waals surface area contributed by atoms with E-state index in [1.807, 2.05) is 24.3 Å². The van der Waals surface area contributed by atoms with Crippen LogP contribution in [-0.4, -0.2) is 14.2 Å². The van der Waals surface area contributed by atoms with E-state index in [4.69, 9.17) is 25.5 Å². The zero-order chi connectivity index (χ0) is 17.3. The summed E-state index contributed by atoms with van der Waals surface area (Å²) in [6.45, 7) is 2.05. The topological polar surface area (TPSA) is 48.7 Å². The van der Waals surface area contributed by atoms with Crippen molar-refractivity contribution in [2.24, 2.45) is 0 Å². The van der Waals surface area contributed by atoms with Crippen molar-refractivity contribution in [1.29, 1.82) is 0 Å². The smallest absolute Gasteiger partial charge is 0.205 e. The van der Waals surface area contributed by atoms with E-state index in [1.165, 1.54) is 14.2 Å². The summed E-state index contributed by atoms with van der Waals surface area (Å²) in [7, 11) is 3.03. The Hall–Kier alpha value is -2.46. The molecule has 0 aliphatic rings. The lowest BCUT2D eigenvalue weighted by atomic mass is 10.0. The summed E-state index contributed by atoms with van der Waals surface area (Å²) in [5.41, 5.74) is 2.28. The van der Waals surface area contributed by atoms with Gasteiger partial charge >= 0.3 is 0 Å².